The molecule has 2 rings (SSSR count). The fraction of sp³-hybridized carbons (Fsp3) is 0.312. The summed E-state index contributed by atoms with van der Waals surface area (Å²) in [6, 6.07) is 2.54. The first-order valence-corrected chi connectivity index (χ1v) is 7.92. The molecule has 0 fully saturated rings. The Morgan fingerprint density at radius 2 is 2.12 bits per heavy atom. The number of amides is 1. The number of carboxylic acid groups (broad SMARTS) is 1. The first-order valence-electron chi connectivity index (χ1n) is 7.55. The Kier molecular flexibility index (Phi) is 5.76. The minimum absolute atomic E-state index is 0.0326. The van der Waals surface area contributed by atoms with Crippen LogP contribution in [0.2, 0.25) is 5.02 Å². The number of rotatable bonds is 6. The van der Waals surface area contributed by atoms with Gasteiger partial charge in [-0.3, -0.25) is 14.3 Å². The Hall–Kier alpha value is -2.45. The summed E-state index contributed by atoms with van der Waals surface area (Å²) in [5.74, 6) is -2.50. The molecule has 0 bridgehead atoms. The highest BCUT2D eigenvalue weighted by Gasteiger charge is 2.19. The largest absolute Gasteiger partial charge is 0.480 e. The van der Waals surface area contributed by atoms with E-state index in [9.17, 15) is 14.0 Å². The standard InChI is InChI=1S/C16H18ClFN4O3/c1-3-22-14(13(17)8(2)21-22)9-4-10(6-11(18)5-9)15(23)20-7-12(19)16(24)25/h4-6,12H,3,7,19H2,1-2H3,(H,20,23)(H,24,25)/t12-/m1/s1. The summed E-state index contributed by atoms with van der Waals surface area (Å²) in [6.45, 7) is 3.85. The number of nitrogens with one attached hydrogen (secondary N) is 1. The molecule has 0 radical (unpaired) electrons. The van der Waals surface area contributed by atoms with Crippen molar-refractivity contribution >= 4 is 23.5 Å². The molecule has 1 heterocycles. The third kappa shape index (κ3) is 4.15. The highest BCUT2D eigenvalue weighted by molar-refractivity contribution is 6.33. The maximum Gasteiger partial charge on any atom is 0.322 e. The molecule has 1 atom stereocenters. The Bertz CT molecular complexity index is 822. The van der Waals surface area contributed by atoms with Gasteiger partial charge < -0.3 is 16.2 Å². The van der Waals surface area contributed by atoms with Crippen molar-refractivity contribution in [1.82, 2.24) is 15.1 Å². The highest BCUT2D eigenvalue weighted by atomic mass is 35.5. The van der Waals surface area contributed by atoms with Gasteiger partial charge in [0.25, 0.3) is 5.91 Å². The number of aliphatic carboxylic acids is 1. The molecule has 7 nitrogen and oxygen atoms in total. The molecule has 0 aliphatic heterocycles. The second kappa shape index (κ2) is 7.62. The topological polar surface area (TPSA) is 110 Å². The van der Waals surface area contributed by atoms with Gasteiger partial charge in [0, 0.05) is 24.2 Å². The number of benzene rings is 1. The minimum atomic E-state index is -1.24. The third-order valence-corrected chi connectivity index (χ3v) is 4.04. The number of aryl methyl sites for hydroxylation is 2. The molecule has 9 heteroatoms. The van der Waals surface area contributed by atoms with Crippen molar-refractivity contribution in [1.29, 1.82) is 0 Å². The maximum atomic E-state index is 14.0. The zero-order valence-electron chi connectivity index (χ0n) is 13.7. The Labute approximate surface area is 148 Å². The number of carboxylic acids is 1. The summed E-state index contributed by atoms with van der Waals surface area (Å²) in [4.78, 5) is 22.9. The lowest BCUT2D eigenvalue weighted by molar-refractivity contribution is -0.138. The third-order valence-electron chi connectivity index (χ3n) is 3.59. The molecule has 0 saturated carbocycles. The van der Waals surface area contributed by atoms with Crippen LogP contribution >= 0.6 is 11.6 Å². The van der Waals surface area contributed by atoms with Crippen LogP contribution in [0.5, 0.6) is 0 Å². The molecule has 0 spiro atoms. The van der Waals surface area contributed by atoms with Crippen molar-refractivity contribution < 1.29 is 19.1 Å². The number of carbonyl (C=O) groups excluding carboxylic acids is 1. The molecule has 25 heavy (non-hydrogen) atoms. The van der Waals surface area contributed by atoms with Gasteiger partial charge in [-0.05, 0) is 32.0 Å². The number of hydrogen-bond donors (Lipinski definition) is 3. The van der Waals surface area contributed by atoms with E-state index in [4.69, 9.17) is 22.4 Å². The van der Waals surface area contributed by atoms with Crippen LogP contribution < -0.4 is 11.1 Å². The SMILES string of the molecule is CCn1nc(C)c(Cl)c1-c1cc(F)cc(C(=O)NC[C@@H](N)C(=O)O)c1. The first kappa shape index (κ1) is 18.9. The van der Waals surface area contributed by atoms with E-state index in [1.165, 1.54) is 12.1 Å². The number of halogens is 2. The van der Waals surface area contributed by atoms with E-state index in [0.717, 1.165) is 6.07 Å². The van der Waals surface area contributed by atoms with Gasteiger partial charge in [0.2, 0.25) is 0 Å². The molecular weight excluding hydrogens is 351 g/mol. The van der Waals surface area contributed by atoms with E-state index in [-0.39, 0.29) is 12.1 Å². The van der Waals surface area contributed by atoms with Crippen molar-refractivity contribution in [2.24, 2.45) is 5.73 Å². The highest BCUT2D eigenvalue weighted by Crippen LogP contribution is 2.31. The van der Waals surface area contributed by atoms with E-state index in [2.05, 4.69) is 10.4 Å². The Morgan fingerprint density at radius 3 is 2.72 bits per heavy atom. The molecule has 1 aromatic heterocycles. The maximum absolute atomic E-state index is 14.0. The zero-order chi connectivity index (χ0) is 18.7. The fourth-order valence-electron chi connectivity index (χ4n) is 2.31. The van der Waals surface area contributed by atoms with Gasteiger partial charge in [0.15, 0.2) is 0 Å². The van der Waals surface area contributed by atoms with Crippen LogP contribution in [0.3, 0.4) is 0 Å². The number of carbonyl (C=O) groups is 2. The predicted octanol–water partition coefficient (Wildman–Crippen LogP) is 1.81. The number of nitrogens with two attached hydrogens (primary N) is 1. The fourth-order valence-corrected chi connectivity index (χ4v) is 2.56. The average molecular weight is 369 g/mol. The molecule has 4 N–H and O–H groups in total. The van der Waals surface area contributed by atoms with Gasteiger partial charge in [-0.1, -0.05) is 11.6 Å². The second-order valence-corrected chi connectivity index (χ2v) is 5.83. The molecule has 134 valence electrons. The van der Waals surface area contributed by atoms with Gasteiger partial charge in [0.05, 0.1) is 16.4 Å². The van der Waals surface area contributed by atoms with Crippen LogP contribution in [0.4, 0.5) is 4.39 Å². The van der Waals surface area contributed by atoms with E-state index < -0.39 is 23.7 Å². The molecule has 0 unspecified atom stereocenters. The first-order chi connectivity index (χ1) is 11.7. The van der Waals surface area contributed by atoms with Crippen molar-refractivity contribution in [2.75, 3.05) is 6.54 Å². The van der Waals surface area contributed by atoms with Crippen LogP contribution in [-0.4, -0.2) is 39.4 Å². The van der Waals surface area contributed by atoms with Crippen LogP contribution in [0.1, 0.15) is 23.0 Å². The molecule has 1 amide bonds. The van der Waals surface area contributed by atoms with Crippen LogP contribution in [0.15, 0.2) is 18.2 Å². The summed E-state index contributed by atoms with van der Waals surface area (Å²) < 4.78 is 15.6. The van der Waals surface area contributed by atoms with Crippen LogP contribution in [0, 0.1) is 12.7 Å². The second-order valence-electron chi connectivity index (χ2n) is 5.45. The molecule has 1 aromatic carbocycles. The van der Waals surface area contributed by atoms with Gasteiger partial charge in [-0.2, -0.15) is 5.10 Å². The lowest BCUT2D eigenvalue weighted by atomic mass is 10.1. The molecular formula is C16H18ClFN4O3. The quantitative estimate of drug-likeness (QED) is 0.720. The van der Waals surface area contributed by atoms with Gasteiger partial charge in [-0.15, -0.1) is 0 Å². The summed E-state index contributed by atoms with van der Waals surface area (Å²) in [5, 5.41) is 15.7. The van der Waals surface area contributed by atoms with Crippen molar-refractivity contribution in [2.45, 2.75) is 26.4 Å². The summed E-state index contributed by atoms with van der Waals surface area (Å²) in [6.07, 6.45) is 0. The lowest BCUT2D eigenvalue weighted by Crippen LogP contribution is -2.42. The number of nitrogens with zero attached hydrogens (tertiary/aromatic N) is 2. The van der Waals surface area contributed by atoms with E-state index in [0.29, 0.717) is 28.5 Å². The van der Waals surface area contributed by atoms with Crippen molar-refractivity contribution in [3.8, 4) is 11.3 Å². The molecule has 0 aliphatic rings. The zero-order valence-corrected chi connectivity index (χ0v) is 14.5. The molecule has 2 aromatic rings. The van der Waals surface area contributed by atoms with E-state index >= 15 is 0 Å². The summed E-state index contributed by atoms with van der Waals surface area (Å²) in [7, 11) is 0. The van der Waals surface area contributed by atoms with Crippen LogP contribution in [-0.2, 0) is 11.3 Å². The van der Waals surface area contributed by atoms with E-state index in [1.54, 1.807) is 11.6 Å². The normalized spacial score (nSPS) is 12.0. The number of hydrogen-bond acceptors (Lipinski definition) is 4. The minimum Gasteiger partial charge on any atom is -0.480 e. The predicted molar refractivity (Wildman–Crippen MR) is 91.0 cm³/mol. The smallest absolute Gasteiger partial charge is 0.322 e. The van der Waals surface area contributed by atoms with Gasteiger partial charge in [0.1, 0.15) is 11.9 Å². The summed E-state index contributed by atoms with van der Waals surface area (Å²) >= 11 is 6.26. The Balaban J connectivity index is 2.35. The van der Waals surface area contributed by atoms with Gasteiger partial charge >= 0.3 is 5.97 Å². The monoisotopic (exact) mass is 368 g/mol. The number of aromatic nitrogens is 2. The summed E-state index contributed by atoms with van der Waals surface area (Å²) in [5.41, 5.74) is 6.88. The Morgan fingerprint density at radius 1 is 1.44 bits per heavy atom. The van der Waals surface area contributed by atoms with E-state index in [1.807, 2.05) is 6.92 Å². The lowest BCUT2D eigenvalue weighted by Gasteiger charge is -2.11. The van der Waals surface area contributed by atoms with Crippen molar-refractivity contribution in [3.63, 3.8) is 0 Å². The van der Waals surface area contributed by atoms with Crippen molar-refractivity contribution in [3.05, 3.63) is 40.3 Å². The average Bonchev–Trinajstić information content (AvgIpc) is 2.86. The molecule has 0 saturated heterocycles. The van der Waals surface area contributed by atoms with Gasteiger partial charge in [-0.25, -0.2) is 4.39 Å². The molecule has 0 aliphatic carbocycles. The van der Waals surface area contributed by atoms with Crippen LogP contribution in [0.25, 0.3) is 11.3 Å².